The third kappa shape index (κ3) is 3.22. The van der Waals surface area contributed by atoms with E-state index in [1.165, 1.54) is 12.1 Å². The third-order valence-corrected chi connectivity index (χ3v) is 2.12. The van der Waals surface area contributed by atoms with Crippen molar-refractivity contribution >= 4 is 5.91 Å². The number of ether oxygens (including phenoxy) is 1. The van der Waals surface area contributed by atoms with Crippen LogP contribution >= 0.6 is 0 Å². The predicted octanol–water partition coefficient (Wildman–Crippen LogP) is 2.12. The van der Waals surface area contributed by atoms with Gasteiger partial charge in [-0.15, -0.1) is 0 Å². The maximum atomic E-state index is 13.3. The fourth-order valence-electron chi connectivity index (χ4n) is 1.30. The number of halogens is 1. The molecule has 0 radical (unpaired) electrons. The van der Waals surface area contributed by atoms with Gasteiger partial charge in [-0.1, -0.05) is 19.1 Å². The van der Waals surface area contributed by atoms with Crippen molar-refractivity contribution in [3.8, 4) is 5.75 Å². The molecule has 0 bridgehead atoms. The van der Waals surface area contributed by atoms with Gasteiger partial charge in [-0.2, -0.15) is 0 Å². The first-order chi connectivity index (χ1) is 7.69. The van der Waals surface area contributed by atoms with Crippen molar-refractivity contribution in [2.24, 2.45) is 0 Å². The zero-order valence-electron chi connectivity index (χ0n) is 9.50. The molecule has 0 saturated heterocycles. The molecule has 1 amide bonds. The number of carbonyl (C=O) groups is 1. The number of nitrogens with one attached hydrogen (secondary N) is 1. The van der Waals surface area contributed by atoms with E-state index in [4.69, 9.17) is 4.74 Å². The smallest absolute Gasteiger partial charge is 0.261 e. The van der Waals surface area contributed by atoms with Gasteiger partial charge in [-0.3, -0.25) is 4.79 Å². The summed E-state index contributed by atoms with van der Waals surface area (Å²) in [7, 11) is 0. The summed E-state index contributed by atoms with van der Waals surface area (Å²) < 4.78 is 18.6. The lowest BCUT2D eigenvalue weighted by Crippen LogP contribution is -2.37. The van der Waals surface area contributed by atoms with Crippen molar-refractivity contribution in [2.75, 3.05) is 6.54 Å². The van der Waals surface area contributed by atoms with Gasteiger partial charge in [0.15, 0.2) is 17.7 Å². The number of hydrogen-bond donors (Lipinski definition) is 1. The highest BCUT2D eigenvalue weighted by atomic mass is 19.1. The average Bonchev–Trinajstić information content (AvgIpc) is 2.28. The van der Waals surface area contributed by atoms with E-state index in [0.717, 1.165) is 0 Å². The van der Waals surface area contributed by atoms with Crippen LogP contribution in [-0.4, -0.2) is 18.6 Å². The van der Waals surface area contributed by atoms with Crippen LogP contribution in [0.5, 0.6) is 5.75 Å². The molecule has 1 N–H and O–H groups in total. The Labute approximate surface area is 94.6 Å². The second kappa shape index (κ2) is 6.10. The summed E-state index contributed by atoms with van der Waals surface area (Å²) in [5, 5.41) is 2.65. The van der Waals surface area contributed by atoms with Crippen LogP contribution in [0.25, 0.3) is 0 Å². The zero-order valence-corrected chi connectivity index (χ0v) is 9.50. The van der Waals surface area contributed by atoms with Gasteiger partial charge in [-0.05, 0) is 25.5 Å². The molecule has 88 valence electrons. The molecule has 3 nitrogen and oxygen atoms in total. The molecular formula is C12H16FNO2. The summed E-state index contributed by atoms with van der Waals surface area (Å²) in [6.45, 7) is 4.18. The van der Waals surface area contributed by atoms with Crippen molar-refractivity contribution in [3.05, 3.63) is 30.1 Å². The average molecular weight is 225 g/mol. The molecule has 1 aromatic rings. The van der Waals surface area contributed by atoms with Crippen molar-refractivity contribution in [3.63, 3.8) is 0 Å². The predicted molar refractivity (Wildman–Crippen MR) is 59.8 cm³/mol. The maximum Gasteiger partial charge on any atom is 0.261 e. The Morgan fingerprint density at radius 3 is 2.69 bits per heavy atom. The summed E-state index contributed by atoms with van der Waals surface area (Å²) in [4.78, 5) is 11.5. The molecule has 16 heavy (non-hydrogen) atoms. The standard InChI is InChI=1S/C12H16FNO2/c1-3-10(12(15)14-4-2)16-11-8-6-5-7-9(11)13/h5-8,10H,3-4H2,1-2H3,(H,14,15)/t10-/m0/s1. The monoisotopic (exact) mass is 225 g/mol. The third-order valence-electron chi connectivity index (χ3n) is 2.12. The lowest BCUT2D eigenvalue weighted by atomic mass is 10.2. The van der Waals surface area contributed by atoms with Gasteiger partial charge < -0.3 is 10.1 Å². The molecule has 0 aliphatic rings. The van der Waals surface area contributed by atoms with E-state index in [9.17, 15) is 9.18 Å². The van der Waals surface area contributed by atoms with E-state index in [-0.39, 0.29) is 11.7 Å². The highest BCUT2D eigenvalue weighted by molar-refractivity contribution is 5.80. The summed E-state index contributed by atoms with van der Waals surface area (Å²) in [5.41, 5.74) is 0. The molecule has 4 heteroatoms. The number of amides is 1. The molecule has 0 heterocycles. The number of carbonyl (C=O) groups excluding carboxylic acids is 1. The van der Waals surface area contributed by atoms with Crippen LogP contribution in [0.15, 0.2) is 24.3 Å². The SMILES string of the molecule is CCNC(=O)[C@H](CC)Oc1ccccc1F. The minimum absolute atomic E-state index is 0.112. The normalized spacial score (nSPS) is 11.9. The van der Waals surface area contributed by atoms with E-state index in [2.05, 4.69) is 5.32 Å². The van der Waals surface area contributed by atoms with Crippen molar-refractivity contribution in [2.45, 2.75) is 26.4 Å². The van der Waals surface area contributed by atoms with Gasteiger partial charge in [0, 0.05) is 6.54 Å². The minimum atomic E-state index is -0.642. The van der Waals surface area contributed by atoms with Crippen LogP contribution in [0, 0.1) is 5.82 Å². The largest absolute Gasteiger partial charge is 0.478 e. The second-order valence-corrected chi connectivity index (χ2v) is 3.34. The Bertz CT molecular complexity index is 355. The summed E-state index contributed by atoms with van der Waals surface area (Å²) in [6.07, 6.45) is -0.142. The molecule has 0 spiro atoms. The van der Waals surface area contributed by atoms with Crippen molar-refractivity contribution in [1.82, 2.24) is 5.32 Å². The van der Waals surface area contributed by atoms with Gasteiger partial charge in [0.1, 0.15) is 0 Å². The van der Waals surface area contributed by atoms with Crippen LogP contribution < -0.4 is 10.1 Å². The number of hydrogen-bond acceptors (Lipinski definition) is 2. The molecule has 1 aromatic carbocycles. The Hall–Kier alpha value is -1.58. The molecule has 0 unspecified atom stereocenters. The summed E-state index contributed by atoms with van der Waals surface area (Å²) in [5.74, 6) is -0.556. The van der Waals surface area contributed by atoms with Crippen LogP contribution in [0.2, 0.25) is 0 Å². The van der Waals surface area contributed by atoms with E-state index in [1.807, 2.05) is 13.8 Å². The zero-order chi connectivity index (χ0) is 12.0. The van der Waals surface area contributed by atoms with E-state index < -0.39 is 11.9 Å². The fourth-order valence-corrected chi connectivity index (χ4v) is 1.30. The summed E-state index contributed by atoms with van der Waals surface area (Å²) >= 11 is 0. The topological polar surface area (TPSA) is 38.3 Å². The second-order valence-electron chi connectivity index (χ2n) is 3.34. The van der Waals surface area contributed by atoms with Crippen molar-refractivity contribution < 1.29 is 13.9 Å². The van der Waals surface area contributed by atoms with Gasteiger partial charge in [0.2, 0.25) is 0 Å². The first-order valence-corrected chi connectivity index (χ1v) is 5.37. The van der Waals surface area contributed by atoms with Gasteiger partial charge >= 0.3 is 0 Å². The number of likely N-dealkylation sites (N-methyl/N-ethyl adjacent to an activating group) is 1. The maximum absolute atomic E-state index is 13.3. The Balaban J connectivity index is 2.70. The summed E-state index contributed by atoms with van der Waals surface area (Å²) in [6, 6.07) is 6.06. The molecule has 0 aliphatic carbocycles. The molecular weight excluding hydrogens is 209 g/mol. The fraction of sp³-hybridized carbons (Fsp3) is 0.417. The van der Waals surface area contributed by atoms with Crippen LogP contribution in [0.3, 0.4) is 0 Å². The molecule has 1 rings (SSSR count). The van der Waals surface area contributed by atoms with E-state index in [1.54, 1.807) is 12.1 Å². The minimum Gasteiger partial charge on any atom is -0.478 e. The Morgan fingerprint density at radius 2 is 2.12 bits per heavy atom. The Morgan fingerprint density at radius 1 is 1.44 bits per heavy atom. The number of benzene rings is 1. The lowest BCUT2D eigenvalue weighted by Gasteiger charge is -2.16. The van der Waals surface area contributed by atoms with Crippen LogP contribution in [0.1, 0.15) is 20.3 Å². The van der Waals surface area contributed by atoms with Gasteiger partial charge in [0.05, 0.1) is 0 Å². The van der Waals surface area contributed by atoms with Crippen LogP contribution in [-0.2, 0) is 4.79 Å². The first kappa shape index (κ1) is 12.5. The quantitative estimate of drug-likeness (QED) is 0.833. The van der Waals surface area contributed by atoms with E-state index >= 15 is 0 Å². The highest BCUT2D eigenvalue weighted by Gasteiger charge is 2.18. The molecule has 0 aromatic heterocycles. The lowest BCUT2D eigenvalue weighted by molar-refractivity contribution is -0.128. The van der Waals surface area contributed by atoms with Crippen LogP contribution in [0.4, 0.5) is 4.39 Å². The van der Waals surface area contributed by atoms with E-state index in [0.29, 0.717) is 13.0 Å². The van der Waals surface area contributed by atoms with Crippen molar-refractivity contribution in [1.29, 1.82) is 0 Å². The highest BCUT2D eigenvalue weighted by Crippen LogP contribution is 2.17. The van der Waals surface area contributed by atoms with Gasteiger partial charge in [0.25, 0.3) is 5.91 Å². The first-order valence-electron chi connectivity index (χ1n) is 5.37. The molecule has 0 saturated carbocycles. The molecule has 1 atom stereocenters. The molecule has 0 aliphatic heterocycles. The molecule has 0 fully saturated rings. The van der Waals surface area contributed by atoms with Gasteiger partial charge in [-0.25, -0.2) is 4.39 Å². The number of rotatable bonds is 5. The number of para-hydroxylation sites is 1. The Kier molecular flexibility index (Phi) is 4.76.